The van der Waals surface area contributed by atoms with E-state index < -0.39 is 10.1 Å². The summed E-state index contributed by atoms with van der Waals surface area (Å²) < 4.78 is 28.8. The van der Waals surface area contributed by atoms with E-state index in [9.17, 15) is 8.42 Å². The number of aromatic nitrogens is 2. The molecule has 6 heteroatoms. The topological polar surface area (TPSA) is 69.2 Å². The third-order valence-electron chi connectivity index (χ3n) is 2.24. The van der Waals surface area contributed by atoms with Crippen molar-refractivity contribution in [2.75, 3.05) is 0 Å². The van der Waals surface area contributed by atoms with Gasteiger partial charge in [0, 0.05) is 6.20 Å². The van der Waals surface area contributed by atoms with Crippen molar-refractivity contribution >= 4 is 10.1 Å². The molecule has 0 amide bonds. The Morgan fingerprint density at radius 2 is 1.72 bits per heavy atom. The highest BCUT2D eigenvalue weighted by Crippen LogP contribution is 2.16. The largest absolute Gasteiger partial charge is 0.356 e. The molecule has 94 valence electrons. The van der Waals surface area contributed by atoms with Gasteiger partial charge in [-0.05, 0) is 26.0 Å². The molecule has 0 spiro atoms. The van der Waals surface area contributed by atoms with Gasteiger partial charge in [0.05, 0.1) is 11.9 Å². The molecule has 0 aliphatic heterocycles. The smallest absolute Gasteiger partial charge is 0.340 e. The summed E-state index contributed by atoms with van der Waals surface area (Å²) in [6.45, 7) is 3.58. The van der Waals surface area contributed by atoms with Crippen molar-refractivity contribution in [3.63, 3.8) is 0 Å². The molecule has 0 saturated heterocycles. The van der Waals surface area contributed by atoms with Crippen LogP contribution in [0.4, 0.5) is 0 Å². The van der Waals surface area contributed by atoms with Crippen LogP contribution < -0.4 is 4.18 Å². The maximum Gasteiger partial charge on any atom is 0.340 e. The molecule has 0 bridgehead atoms. The van der Waals surface area contributed by atoms with E-state index in [4.69, 9.17) is 4.18 Å². The first-order chi connectivity index (χ1) is 8.47. The van der Waals surface area contributed by atoms with Gasteiger partial charge in [0.25, 0.3) is 5.88 Å². The number of hydrogen-bond acceptors (Lipinski definition) is 5. The summed E-state index contributed by atoms with van der Waals surface area (Å²) in [6, 6.07) is 6.40. The lowest BCUT2D eigenvalue weighted by Crippen LogP contribution is -2.11. The zero-order valence-electron chi connectivity index (χ0n) is 9.99. The Labute approximate surface area is 106 Å². The predicted octanol–water partition coefficient (Wildman–Crippen LogP) is 1.86. The second kappa shape index (κ2) is 4.73. The molecule has 0 radical (unpaired) electrons. The van der Waals surface area contributed by atoms with E-state index in [1.165, 1.54) is 24.5 Å². The molecular formula is C12H12N2O3S. The van der Waals surface area contributed by atoms with Crippen molar-refractivity contribution in [1.29, 1.82) is 0 Å². The fourth-order valence-corrected chi connectivity index (χ4v) is 2.22. The minimum Gasteiger partial charge on any atom is -0.356 e. The zero-order valence-corrected chi connectivity index (χ0v) is 10.8. The molecule has 2 rings (SSSR count). The molecular weight excluding hydrogens is 252 g/mol. The molecule has 18 heavy (non-hydrogen) atoms. The predicted molar refractivity (Wildman–Crippen MR) is 65.8 cm³/mol. The maximum absolute atomic E-state index is 11.9. The Hall–Kier alpha value is -1.95. The average molecular weight is 264 g/mol. The van der Waals surface area contributed by atoms with Crippen molar-refractivity contribution in [3.05, 3.63) is 47.9 Å². The van der Waals surface area contributed by atoms with Gasteiger partial charge in [-0.2, -0.15) is 8.42 Å². The molecule has 2 aromatic rings. The number of benzene rings is 1. The monoisotopic (exact) mass is 264 g/mol. The Morgan fingerprint density at radius 3 is 2.33 bits per heavy atom. The Morgan fingerprint density at radius 1 is 1.06 bits per heavy atom. The fourth-order valence-electron chi connectivity index (χ4n) is 1.35. The number of hydrogen-bond donors (Lipinski definition) is 0. The van der Waals surface area contributed by atoms with Crippen molar-refractivity contribution in [2.24, 2.45) is 0 Å². The average Bonchev–Trinajstić information content (AvgIpc) is 2.29. The lowest BCUT2D eigenvalue weighted by Gasteiger charge is -2.06. The van der Waals surface area contributed by atoms with Crippen LogP contribution in [0.3, 0.4) is 0 Å². The third-order valence-corrected chi connectivity index (χ3v) is 3.48. The summed E-state index contributed by atoms with van der Waals surface area (Å²) in [6.07, 6.45) is 2.78. The van der Waals surface area contributed by atoms with E-state index in [1.807, 2.05) is 6.92 Å². The minimum absolute atomic E-state index is 0.0319. The van der Waals surface area contributed by atoms with Crippen LogP contribution >= 0.6 is 0 Å². The van der Waals surface area contributed by atoms with E-state index >= 15 is 0 Å². The first-order valence-electron chi connectivity index (χ1n) is 5.27. The van der Waals surface area contributed by atoms with Crippen LogP contribution in [-0.4, -0.2) is 18.4 Å². The number of nitrogens with zero attached hydrogens (tertiary/aromatic N) is 2. The van der Waals surface area contributed by atoms with Gasteiger partial charge in [-0.1, -0.05) is 17.7 Å². The third kappa shape index (κ3) is 2.84. The molecule has 0 fully saturated rings. The first-order valence-corrected chi connectivity index (χ1v) is 6.68. The molecule has 0 aliphatic carbocycles. The molecule has 1 heterocycles. The van der Waals surface area contributed by atoms with Gasteiger partial charge >= 0.3 is 10.1 Å². The van der Waals surface area contributed by atoms with Gasteiger partial charge < -0.3 is 4.18 Å². The van der Waals surface area contributed by atoms with E-state index in [2.05, 4.69) is 9.97 Å². The molecule has 0 atom stereocenters. The summed E-state index contributed by atoms with van der Waals surface area (Å²) >= 11 is 0. The van der Waals surface area contributed by atoms with E-state index in [0.29, 0.717) is 5.69 Å². The van der Waals surface area contributed by atoms with Crippen LogP contribution in [0.25, 0.3) is 0 Å². The highest BCUT2D eigenvalue weighted by Gasteiger charge is 2.17. The summed E-state index contributed by atoms with van der Waals surface area (Å²) in [5.74, 6) is -0.0319. The van der Waals surface area contributed by atoms with Crippen LogP contribution in [0.1, 0.15) is 11.3 Å². The SMILES string of the molecule is Cc1ccc(S(=O)(=O)Oc2cncc(C)n2)cc1. The van der Waals surface area contributed by atoms with Crippen LogP contribution in [0, 0.1) is 13.8 Å². The van der Waals surface area contributed by atoms with E-state index in [-0.39, 0.29) is 10.8 Å². The number of rotatable bonds is 3. The van der Waals surface area contributed by atoms with Gasteiger partial charge in [-0.3, -0.25) is 4.98 Å². The molecule has 5 nitrogen and oxygen atoms in total. The highest BCUT2D eigenvalue weighted by atomic mass is 32.2. The Kier molecular flexibility index (Phi) is 3.29. The summed E-state index contributed by atoms with van der Waals surface area (Å²) in [5.41, 5.74) is 1.57. The second-order valence-corrected chi connectivity index (χ2v) is 5.40. The summed E-state index contributed by atoms with van der Waals surface area (Å²) in [7, 11) is -3.85. The van der Waals surface area contributed by atoms with Crippen LogP contribution in [0.2, 0.25) is 0 Å². The van der Waals surface area contributed by atoms with Crippen molar-refractivity contribution in [2.45, 2.75) is 18.7 Å². The quantitative estimate of drug-likeness (QED) is 0.791. The van der Waals surface area contributed by atoms with Gasteiger partial charge in [0.15, 0.2) is 0 Å². The lowest BCUT2D eigenvalue weighted by molar-refractivity contribution is 0.473. The van der Waals surface area contributed by atoms with Crippen molar-refractivity contribution in [3.8, 4) is 5.88 Å². The normalized spacial score (nSPS) is 11.2. The first kappa shape index (κ1) is 12.5. The molecule has 0 unspecified atom stereocenters. The molecule has 0 aliphatic rings. The minimum atomic E-state index is -3.85. The Balaban J connectivity index is 2.30. The number of aryl methyl sites for hydroxylation is 2. The van der Waals surface area contributed by atoms with Gasteiger partial charge in [-0.15, -0.1) is 0 Å². The highest BCUT2D eigenvalue weighted by molar-refractivity contribution is 7.87. The van der Waals surface area contributed by atoms with Gasteiger partial charge in [-0.25, -0.2) is 4.98 Å². The zero-order chi connectivity index (χ0) is 13.2. The van der Waals surface area contributed by atoms with Crippen LogP contribution in [0.5, 0.6) is 5.88 Å². The van der Waals surface area contributed by atoms with Crippen molar-refractivity contribution < 1.29 is 12.6 Å². The summed E-state index contributed by atoms with van der Waals surface area (Å²) in [4.78, 5) is 7.86. The fraction of sp³-hybridized carbons (Fsp3) is 0.167. The molecule has 1 aromatic heterocycles. The van der Waals surface area contributed by atoms with Crippen LogP contribution in [-0.2, 0) is 10.1 Å². The molecule has 1 aromatic carbocycles. The Bertz CT molecular complexity index is 651. The van der Waals surface area contributed by atoms with E-state index in [0.717, 1.165) is 5.56 Å². The standard InChI is InChI=1S/C12H12N2O3S/c1-9-3-5-11(6-4-9)18(15,16)17-12-8-13-7-10(2)14-12/h3-8H,1-2H3. The second-order valence-electron chi connectivity index (χ2n) is 3.85. The summed E-state index contributed by atoms with van der Waals surface area (Å²) in [5, 5.41) is 0. The van der Waals surface area contributed by atoms with Crippen LogP contribution in [0.15, 0.2) is 41.6 Å². The van der Waals surface area contributed by atoms with Crippen molar-refractivity contribution in [1.82, 2.24) is 9.97 Å². The van der Waals surface area contributed by atoms with Gasteiger partial charge in [0.2, 0.25) is 0 Å². The van der Waals surface area contributed by atoms with Gasteiger partial charge in [0.1, 0.15) is 4.90 Å². The maximum atomic E-state index is 11.9. The molecule has 0 saturated carbocycles. The lowest BCUT2D eigenvalue weighted by atomic mass is 10.2. The van der Waals surface area contributed by atoms with E-state index in [1.54, 1.807) is 19.1 Å². The molecule has 0 N–H and O–H groups in total.